The van der Waals surface area contributed by atoms with Gasteiger partial charge in [0, 0.05) is 22.4 Å². The number of ether oxygens (including phenoxy) is 1. The molecule has 0 radical (unpaired) electrons. The van der Waals surface area contributed by atoms with E-state index >= 15 is 0 Å². The molecule has 1 unspecified atom stereocenters. The predicted molar refractivity (Wildman–Crippen MR) is 87.1 cm³/mol. The van der Waals surface area contributed by atoms with E-state index in [9.17, 15) is 0 Å². The van der Waals surface area contributed by atoms with Crippen molar-refractivity contribution in [2.24, 2.45) is 0 Å². The molecule has 2 rings (SSSR count). The highest BCUT2D eigenvalue weighted by Crippen LogP contribution is 2.18. The molecule has 0 amide bonds. The molecule has 4 heteroatoms. The summed E-state index contributed by atoms with van der Waals surface area (Å²) in [6, 6.07) is 12.1. The minimum absolute atomic E-state index is 0.326. The van der Waals surface area contributed by atoms with Crippen LogP contribution in [0.1, 0.15) is 18.2 Å². The van der Waals surface area contributed by atoms with E-state index in [1.54, 1.807) is 11.3 Å². The van der Waals surface area contributed by atoms with E-state index in [1.807, 2.05) is 24.3 Å². The van der Waals surface area contributed by atoms with E-state index in [4.69, 9.17) is 16.3 Å². The van der Waals surface area contributed by atoms with Crippen LogP contribution in [0.5, 0.6) is 5.75 Å². The van der Waals surface area contributed by atoms with E-state index in [-0.39, 0.29) is 0 Å². The lowest BCUT2D eigenvalue weighted by atomic mass is 10.2. The molecule has 1 heterocycles. The molecule has 0 bridgehead atoms. The van der Waals surface area contributed by atoms with Crippen LogP contribution in [0.4, 0.5) is 0 Å². The van der Waals surface area contributed by atoms with Gasteiger partial charge in [0.25, 0.3) is 0 Å². The van der Waals surface area contributed by atoms with Gasteiger partial charge in [0.2, 0.25) is 0 Å². The van der Waals surface area contributed by atoms with Gasteiger partial charge in [0.1, 0.15) is 12.4 Å². The highest BCUT2D eigenvalue weighted by molar-refractivity contribution is 7.09. The zero-order valence-electron chi connectivity index (χ0n) is 11.6. The summed E-state index contributed by atoms with van der Waals surface area (Å²) in [7, 11) is 0. The van der Waals surface area contributed by atoms with Gasteiger partial charge in [-0.25, -0.2) is 0 Å². The first kappa shape index (κ1) is 15.4. The molecular weight excluding hydrogens is 290 g/mol. The van der Waals surface area contributed by atoms with Crippen LogP contribution in [0, 0.1) is 0 Å². The van der Waals surface area contributed by atoms with E-state index in [0.29, 0.717) is 17.7 Å². The van der Waals surface area contributed by atoms with Crippen molar-refractivity contribution in [3.05, 3.63) is 51.7 Å². The third-order valence-electron chi connectivity index (χ3n) is 2.96. The minimum Gasteiger partial charge on any atom is -0.492 e. The summed E-state index contributed by atoms with van der Waals surface area (Å²) in [5.41, 5.74) is 0. The molecule has 0 spiro atoms. The van der Waals surface area contributed by atoms with E-state index in [1.165, 1.54) is 4.88 Å². The highest BCUT2D eigenvalue weighted by atomic mass is 35.5. The van der Waals surface area contributed by atoms with Crippen LogP contribution in [0.25, 0.3) is 0 Å². The molecule has 0 aliphatic carbocycles. The van der Waals surface area contributed by atoms with Gasteiger partial charge in [-0.1, -0.05) is 30.7 Å². The Hall–Kier alpha value is -1.03. The number of rotatable bonds is 8. The van der Waals surface area contributed by atoms with Crippen molar-refractivity contribution in [1.82, 2.24) is 5.32 Å². The van der Waals surface area contributed by atoms with Crippen LogP contribution in [-0.4, -0.2) is 19.2 Å². The third kappa shape index (κ3) is 5.16. The first-order valence-corrected chi connectivity index (χ1v) is 8.18. The second-order valence-electron chi connectivity index (χ2n) is 4.70. The molecule has 2 aromatic rings. The monoisotopic (exact) mass is 309 g/mol. The summed E-state index contributed by atoms with van der Waals surface area (Å²) >= 11 is 7.76. The standard InChI is InChI=1S/C16H20ClNOS/c1-2-8-18-14(11-16-7-4-9-20-16)12-19-15-6-3-5-13(17)10-15/h3-7,9-10,14,18H,2,8,11-12H2,1H3. The Bertz CT molecular complexity index is 501. The Labute approximate surface area is 129 Å². The van der Waals surface area contributed by atoms with E-state index in [2.05, 4.69) is 29.8 Å². The molecule has 1 aromatic carbocycles. The van der Waals surface area contributed by atoms with Crippen LogP contribution >= 0.6 is 22.9 Å². The zero-order chi connectivity index (χ0) is 14.2. The molecule has 20 heavy (non-hydrogen) atoms. The van der Waals surface area contributed by atoms with Gasteiger partial charge in [0.15, 0.2) is 0 Å². The normalized spacial score (nSPS) is 12.3. The molecule has 0 aliphatic heterocycles. The van der Waals surface area contributed by atoms with Crippen molar-refractivity contribution in [3.8, 4) is 5.75 Å². The minimum atomic E-state index is 0.326. The maximum atomic E-state index is 5.96. The Morgan fingerprint density at radius 3 is 2.90 bits per heavy atom. The third-order valence-corrected chi connectivity index (χ3v) is 4.09. The van der Waals surface area contributed by atoms with Gasteiger partial charge in [0.05, 0.1) is 0 Å². The highest BCUT2D eigenvalue weighted by Gasteiger charge is 2.10. The van der Waals surface area contributed by atoms with Gasteiger partial charge < -0.3 is 10.1 Å². The number of benzene rings is 1. The number of nitrogens with one attached hydrogen (secondary N) is 1. The Morgan fingerprint density at radius 2 is 2.20 bits per heavy atom. The lowest BCUT2D eigenvalue weighted by molar-refractivity contribution is 0.263. The van der Waals surface area contributed by atoms with Crippen LogP contribution in [0.15, 0.2) is 41.8 Å². The fourth-order valence-corrected chi connectivity index (χ4v) is 2.93. The molecule has 0 saturated carbocycles. The van der Waals surface area contributed by atoms with Crippen molar-refractivity contribution >= 4 is 22.9 Å². The first-order chi connectivity index (χ1) is 9.78. The van der Waals surface area contributed by atoms with E-state index < -0.39 is 0 Å². The molecule has 108 valence electrons. The molecule has 1 N–H and O–H groups in total. The summed E-state index contributed by atoms with van der Waals surface area (Å²) in [5, 5.41) is 6.36. The largest absolute Gasteiger partial charge is 0.492 e. The SMILES string of the molecule is CCCNC(COc1cccc(Cl)c1)Cc1cccs1. The van der Waals surface area contributed by atoms with Crippen LogP contribution < -0.4 is 10.1 Å². The first-order valence-electron chi connectivity index (χ1n) is 6.92. The number of hydrogen-bond donors (Lipinski definition) is 1. The topological polar surface area (TPSA) is 21.3 Å². The lowest BCUT2D eigenvalue weighted by Gasteiger charge is -2.18. The number of hydrogen-bond acceptors (Lipinski definition) is 3. The maximum Gasteiger partial charge on any atom is 0.120 e. The van der Waals surface area contributed by atoms with Gasteiger partial charge in [-0.15, -0.1) is 11.3 Å². The average Bonchev–Trinajstić information content (AvgIpc) is 2.95. The van der Waals surface area contributed by atoms with Crippen molar-refractivity contribution in [1.29, 1.82) is 0 Å². The number of halogens is 1. The van der Waals surface area contributed by atoms with E-state index in [0.717, 1.165) is 25.1 Å². The summed E-state index contributed by atoms with van der Waals surface area (Å²) in [6.07, 6.45) is 2.12. The summed E-state index contributed by atoms with van der Waals surface area (Å²) in [4.78, 5) is 1.38. The average molecular weight is 310 g/mol. The quantitative estimate of drug-likeness (QED) is 0.781. The second-order valence-corrected chi connectivity index (χ2v) is 6.17. The molecule has 1 aromatic heterocycles. The lowest BCUT2D eigenvalue weighted by Crippen LogP contribution is -2.36. The summed E-state index contributed by atoms with van der Waals surface area (Å²) in [6.45, 7) is 3.83. The fraction of sp³-hybridized carbons (Fsp3) is 0.375. The van der Waals surface area contributed by atoms with Crippen molar-refractivity contribution in [3.63, 3.8) is 0 Å². The molecule has 0 aliphatic rings. The molecule has 1 atom stereocenters. The maximum absolute atomic E-state index is 5.96. The predicted octanol–water partition coefficient (Wildman–Crippen LogP) is 4.39. The molecule has 2 nitrogen and oxygen atoms in total. The molecule has 0 fully saturated rings. The van der Waals surface area contributed by atoms with Crippen molar-refractivity contribution in [2.75, 3.05) is 13.2 Å². The second kappa shape index (κ2) is 8.30. The number of thiophene rings is 1. The summed E-state index contributed by atoms with van der Waals surface area (Å²) < 4.78 is 5.85. The Kier molecular flexibility index (Phi) is 6.37. The molecule has 0 saturated heterocycles. The van der Waals surface area contributed by atoms with Crippen LogP contribution in [-0.2, 0) is 6.42 Å². The van der Waals surface area contributed by atoms with Crippen LogP contribution in [0.3, 0.4) is 0 Å². The Morgan fingerprint density at radius 1 is 1.30 bits per heavy atom. The van der Waals surface area contributed by atoms with Gasteiger partial charge >= 0.3 is 0 Å². The van der Waals surface area contributed by atoms with Gasteiger partial charge in [-0.2, -0.15) is 0 Å². The smallest absolute Gasteiger partial charge is 0.120 e. The van der Waals surface area contributed by atoms with Gasteiger partial charge in [-0.3, -0.25) is 0 Å². The van der Waals surface area contributed by atoms with Gasteiger partial charge in [-0.05, 0) is 42.6 Å². The van der Waals surface area contributed by atoms with Crippen molar-refractivity contribution < 1.29 is 4.74 Å². The fourth-order valence-electron chi connectivity index (χ4n) is 1.96. The zero-order valence-corrected chi connectivity index (χ0v) is 13.2. The van der Waals surface area contributed by atoms with Crippen molar-refractivity contribution in [2.45, 2.75) is 25.8 Å². The Balaban J connectivity index is 1.89. The summed E-state index contributed by atoms with van der Waals surface area (Å²) in [5.74, 6) is 0.826. The molecular formula is C16H20ClNOS. The van der Waals surface area contributed by atoms with Crippen LogP contribution in [0.2, 0.25) is 5.02 Å².